The number of hydrogen-bond acceptors (Lipinski definition) is 3. The van der Waals surface area contributed by atoms with Gasteiger partial charge in [-0.15, -0.1) is 0 Å². The molecule has 1 rings (SSSR count). The van der Waals surface area contributed by atoms with Crippen molar-refractivity contribution in [1.29, 1.82) is 0 Å². The molecule has 0 spiro atoms. The fraction of sp³-hybridized carbons (Fsp3) is 0.857. The number of alkyl halides is 2. The molecule has 0 heterocycles. The van der Waals surface area contributed by atoms with Gasteiger partial charge >= 0.3 is 5.97 Å². The van der Waals surface area contributed by atoms with E-state index in [2.05, 4.69) is 5.32 Å². The number of carboxylic acids is 1. The van der Waals surface area contributed by atoms with Crippen LogP contribution in [-0.4, -0.2) is 35.0 Å². The first kappa shape index (κ1) is 17.8. The summed E-state index contributed by atoms with van der Waals surface area (Å²) in [5.74, 6) is -2.36. The Labute approximate surface area is 123 Å². The van der Waals surface area contributed by atoms with E-state index in [1.54, 1.807) is 0 Å². The molecule has 4 N–H and O–H groups in total. The highest BCUT2D eigenvalue weighted by Crippen LogP contribution is 2.34. The molecule has 122 valence electrons. The van der Waals surface area contributed by atoms with E-state index in [0.29, 0.717) is 12.8 Å². The zero-order valence-electron chi connectivity index (χ0n) is 12.3. The van der Waals surface area contributed by atoms with Gasteiger partial charge in [0, 0.05) is 5.92 Å². The number of carbonyl (C=O) groups is 2. The van der Waals surface area contributed by atoms with Crippen LogP contribution in [0.15, 0.2) is 0 Å². The summed E-state index contributed by atoms with van der Waals surface area (Å²) in [7, 11) is 0. The van der Waals surface area contributed by atoms with Crippen LogP contribution in [-0.2, 0) is 9.59 Å². The second-order valence-corrected chi connectivity index (χ2v) is 5.83. The Balaban J connectivity index is 2.59. The lowest BCUT2D eigenvalue weighted by atomic mass is 9.76. The molecule has 0 saturated heterocycles. The Bertz CT molecular complexity index is 369. The molecule has 0 aromatic carbocycles. The molecule has 1 aliphatic carbocycles. The van der Waals surface area contributed by atoms with Gasteiger partial charge in [-0.1, -0.05) is 19.8 Å². The Kier molecular flexibility index (Phi) is 6.51. The maximum atomic E-state index is 12.6. The fourth-order valence-corrected chi connectivity index (χ4v) is 2.60. The molecule has 7 heteroatoms. The van der Waals surface area contributed by atoms with Crippen molar-refractivity contribution in [2.24, 2.45) is 11.7 Å². The van der Waals surface area contributed by atoms with Crippen LogP contribution in [0.5, 0.6) is 0 Å². The lowest BCUT2D eigenvalue weighted by Gasteiger charge is -2.36. The van der Waals surface area contributed by atoms with Crippen LogP contribution in [0.25, 0.3) is 0 Å². The normalized spacial score (nSPS) is 27.4. The summed E-state index contributed by atoms with van der Waals surface area (Å²) in [6, 6.07) is -0.967. The average molecular weight is 306 g/mol. The van der Waals surface area contributed by atoms with Gasteiger partial charge in [-0.3, -0.25) is 4.79 Å². The first-order chi connectivity index (χ1) is 9.80. The van der Waals surface area contributed by atoms with Crippen molar-refractivity contribution in [1.82, 2.24) is 5.32 Å². The van der Waals surface area contributed by atoms with Crippen molar-refractivity contribution in [2.45, 2.75) is 69.9 Å². The number of carboxylic acid groups (broad SMARTS) is 1. The van der Waals surface area contributed by atoms with Crippen molar-refractivity contribution in [2.75, 3.05) is 0 Å². The van der Waals surface area contributed by atoms with Gasteiger partial charge in [0.05, 0.1) is 5.54 Å². The Hall–Kier alpha value is -1.24. The second-order valence-electron chi connectivity index (χ2n) is 5.83. The van der Waals surface area contributed by atoms with Crippen LogP contribution in [0.2, 0.25) is 0 Å². The van der Waals surface area contributed by atoms with Crippen LogP contribution >= 0.6 is 0 Å². The van der Waals surface area contributed by atoms with E-state index in [-0.39, 0.29) is 25.7 Å². The molecule has 1 fully saturated rings. The number of nitrogens with two attached hydrogens (primary N) is 1. The molecule has 1 amide bonds. The number of nitrogens with one attached hydrogen (secondary N) is 1. The molecule has 0 unspecified atom stereocenters. The molecule has 1 aliphatic rings. The highest BCUT2D eigenvalue weighted by Gasteiger charge is 2.41. The van der Waals surface area contributed by atoms with E-state index in [1.165, 1.54) is 0 Å². The van der Waals surface area contributed by atoms with Crippen LogP contribution in [0, 0.1) is 5.92 Å². The van der Waals surface area contributed by atoms with Gasteiger partial charge in [0.1, 0.15) is 6.04 Å². The average Bonchev–Trinajstić information content (AvgIpc) is 2.43. The first-order valence-electron chi connectivity index (χ1n) is 7.41. The van der Waals surface area contributed by atoms with E-state index in [4.69, 9.17) is 10.8 Å². The topological polar surface area (TPSA) is 92.4 Å². The van der Waals surface area contributed by atoms with Gasteiger partial charge in [-0.05, 0) is 32.1 Å². The van der Waals surface area contributed by atoms with Crippen molar-refractivity contribution in [3.8, 4) is 0 Å². The molecule has 1 atom stereocenters. The fourth-order valence-electron chi connectivity index (χ4n) is 2.60. The molecule has 0 radical (unpaired) electrons. The summed E-state index contributed by atoms with van der Waals surface area (Å²) in [4.78, 5) is 23.3. The molecule has 21 heavy (non-hydrogen) atoms. The molecular weight excluding hydrogens is 282 g/mol. The molecule has 0 bridgehead atoms. The number of carbonyl (C=O) groups excluding carboxylic acids is 1. The molecule has 0 aliphatic heterocycles. The van der Waals surface area contributed by atoms with Gasteiger partial charge in [0.25, 0.3) is 0 Å². The standard InChI is InChI=1S/C14H24F2N2O3/c1-2-3-4-10(12(19)20)18-13(21)14(17)7-5-9(6-8-14)11(15)16/h9-11H,2-8,17H2,1H3,(H,18,21)(H,19,20)/t9?,10-,14?/m0/s1. The number of rotatable bonds is 7. The first-order valence-corrected chi connectivity index (χ1v) is 7.41. The van der Waals surface area contributed by atoms with Crippen LogP contribution in [0.3, 0.4) is 0 Å². The van der Waals surface area contributed by atoms with E-state index in [9.17, 15) is 18.4 Å². The van der Waals surface area contributed by atoms with Gasteiger partial charge in [-0.2, -0.15) is 0 Å². The third kappa shape index (κ3) is 4.91. The number of amides is 1. The summed E-state index contributed by atoms with van der Waals surface area (Å²) < 4.78 is 25.2. The number of unbranched alkanes of at least 4 members (excludes halogenated alkanes) is 1. The maximum Gasteiger partial charge on any atom is 0.326 e. The van der Waals surface area contributed by atoms with Crippen LogP contribution in [0.4, 0.5) is 8.78 Å². The van der Waals surface area contributed by atoms with Crippen LogP contribution in [0.1, 0.15) is 51.9 Å². The zero-order chi connectivity index (χ0) is 16.0. The largest absolute Gasteiger partial charge is 0.480 e. The lowest BCUT2D eigenvalue weighted by molar-refractivity contribution is -0.143. The second kappa shape index (κ2) is 7.68. The summed E-state index contributed by atoms with van der Waals surface area (Å²) >= 11 is 0. The minimum Gasteiger partial charge on any atom is -0.480 e. The molecule has 0 aromatic rings. The SMILES string of the molecule is CCCC[C@H](NC(=O)C1(N)CCC(C(F)F)CC1)C(=O)O. The van der Waals surface area contributed by atoms with Crippen molar-refractivity contribution >= 4 is 11.9 Å². The van der Waals surface area contributed by atoms with Crippen molar-refractivity contribution < 1.29 is 23.5 Å². The molecule has 1 saturated carbocycles. The third-order valence-electron chi connectivity index (χ3n) is 4.18. The summed E-state index contributed by atoms with van der Waals surface area (Å²) in [5, 5.41) is 11.5. The third-order valence-corrected chi connectivity index (χ3v) is 4.18. The lowest BCUT2D eigenvalue weighted by Crippen LogP contribution is -2.59. The molecule has 5 nitrogen and oxygen atoms in total. The number of aliphatic carboxylic acids is 1. The Morgan fingerprint density at radius 1 is 1.38 bits per heavy atom. The van der Waals surface area contributed by atoms with Crippen LogP contribution < -0.4 is 11.1 Å². The molecular formula is C14H24F2N2O3. The minimum atomic E-state index is -2.39. The summed E-state index contributed by atoms with van der Waals surface area (Å²) in [6.45, 7) is 1.93. The number of hydrogen-bond donors (Lipinski definition) is 3. The summed E-state index contributed by atoms with van der Waals surface area (Å²) in [6.07, 6.45) is 0.151. The number of halogens is 2. The van der Waals surface area contributed by atoms with E-state index in [1.807, 2.05) is 6.92 Å². The van der Waals surface area contributed by atoms with Gasteiger partial charge in [0.2, 0.25) is 12.3 Å². The maximum absolute atomic E-state index is 12.6. The van der Waals surface area contributed by atoms with Gasteiger partial charge < -0.3 is 16.2 Å². The van der Waals surface area contributed by atoms with E-state index < -0.39 is 35.8 Å². The van der Waals surface area contributed by atoms with Crippen molar-refractivity contribution in [3.05, 3.63) is 0 Å². The predicted octanol–water partition coefficient (Wildman–Crippen LogP) is 1.90. The van der Waals surface area contributed by atoms with Gasteiger partial charge in [0.15, 0.2) is 0 Å². The highest BCUT2D eigenvalue weighted by atomic mass is 19.3. The molecule has 0 aromatic heterocycles. The van der Waals surface area contributed by atoms with E-state index >= 15 is 0 Å². The minimum absolute atomic E-state index is 0.161. The highest BCUT2D eigenvalue weighted by molar-refractivity contribution is 5.90. The monoisotopic (exact) mass is 306 g/mol. The van der Waals surface area contributed by atoms with Gasteiger partial charge in [-0.25, -0.2) is 13.6 Å². The Morgan fingerprint density at radius 3 is 2.38 bits per heavy atom. The van der Waals surface area contributed by atoms with E-state index in [0.717, 1.165) is 6.42 Å². The van der Waals surface area contributed by atoms with Crippen molar-refractivity contribution in [3.63, 3.8) is 0 Å². The summed E-state index contributed by atoms with van der Waals surface area (Å²) in [5.41, 5.74) is 4.76. The smallest absolute Gasteiger partial charge is 0.326 e. The zero-order valence-corrected chi connectivity index (χ0v) is 12.3. The quantitative estimate of drug-likeness (QED) is 0.670. The Morgan fingerprint density at radius 2 is 1.95 bits per heavy atom. The predicted molar refractivity (Wildman–Crippen MR) is 74.0 cm³/mol.